The lowest BCUT2D eigenvalue weighted by Crippen LogP contribution is -2.34. The van der Waals surface area contributed by atoms with Crippen molar-refractivity contribution in [1.82, 2.24) is 15.3 Å². The van der Waals surface area contributed by atoms with E-state index in [9.17, 15) is 4.79 Å². The summed E-state index contributed by atoms with van der Waals surface area (Å²) in [6.45, 7) is 6.40. The largest absolute Gasteiger partial charge is 0.324 e. The number of aromatic nitrogens is 2. The third-order valence-corrected chi connectivity index (χ3v) is 4.21. The first-order valence-corrected chi connectivity index (χ1v) is 8.12. The van der Waals surface area contributed by atoms with Crippen LogP contribution in [0.5, 0.6) is 0 Å². The lowest BCUT2D eigenvalue weighted by molar-refractivity contribution is -0.105. The van der Waals surface area contributed by atoms with Gasteiger partial charge in [0, 0.05) is 23.6 Å². The van der Waals surface area contributed by atoms with Crippen LogP contribution in [0, 0.1) is 5.41 Å². The van der Waals surface area contributed by atoms with Gasteiger partial charge in [-0.15, -0.1) is 0 Å². The summed E-state index contributed by atoms with van der Waals surface area (Å²) < 4.78 is 0. The molecule has 1 aromatic heterocycles. The summed E-state index contributed by atoms with van der Waals surface area (Å²) in [4.78, 5) is 19.1. The molecule has 1 heterocycles. The highest BCUT2D eigenvalue weighted by Gasteiger charge is 2.21. The second-order valence-corrected chi connectivity index (χ2v) is 6.13. The number of nitrogens with one attached hydrogen (secondary N) is 4. The van der Waals surface area contributed by atoms with E-state index in [0.717, 1.165) is 18.3 Å². The van der Waals surface area contributed by atoms with Crippen LogP contribution in [0.3, 0.4) is 0 Å². The average Bonchev–Trinajstić information content (AvgIpc) is 2.62. The minimum Gasteiger partial charge on any atom is -0.324 e. The number of aryl methyl sites for hydroxylation is 1. The molecule has 2 rings (SSSR count). The van der Waals surface area contributed by atoms with Crippen LogP contribution in [-0.4, -0.2) is 29.6 Å². The molecule has 0 fully saturated rings. The van der Waals surface area contributed by atoms with Crippen LogP contribution < -0.4 is 16.0 Å². The zero-order chi connectivity index (χ0) is 18.4. The number of carbonyl (C=O) groups excluding carboxylic acids is 1. The van der Waals surface area contributed by atoms with Crippen molar-refractivity contribution in [2.45, 2.75) is 32.7 Å². The number of nitrogens with zero attached hydrogens (tertiary/aromatic N) is 2. The maximum Gasteiger partial charge on any atom is 0.229 e. The van der Waals surface area contributed by atoms with Gasteiger partial charge in [0.15, 0.2) is 0 Å². The Bertz CT molecular complexity index is 772. The first kappa shape index (κ1) is 18.5. The van der Waals surface area contributed by atoms with Crippen LogP contribution >= 0.6 is 0 Å². The third-order valence-electron chi connectivity index (χ3n) is 4.21. The maximum atomic E-state index is 10.7. The summed E-state index contributed by atoms with van der Waals surface area (Å²) in [5, 5.41) is 16.3. The molecular formula is C18H24N6O. The Morgan fingerprint density at radius 1 is 1.32 bits per heavy atom. The molecule has 0 saturated heterocycles. The monoisotopic (exact) mass is 340 g/mol. The molecule has 7 nitrogen and oxygen atoms in total. The van der Waals surface area contributed by atoms with Crippen LogP contribution in [0.1, 0.15) is 37.5 Å². The molecule has 25 heavy (non-hydrogen) atoms. The maximum absolute atomic E-state index is 10.7. The van der Waals surface area contributed by atoms with E-state index in [1.54, 1.807) is 0 Å². The van der Waals surface area contributed by atoms with E-state index >= 15 is 0 Å². The van der Waals surface area contributed by atoms with Crippen LogP contribution in [0.2, 0.25) is 0 Å². The molecule has 1 amide bonds. The van der Waals surface area contributed by atoms with Gasteiger partial charge in [0.1, 0.15) is 5.82 Å². The highest BCUT2D eigenvalue weighted by atomic mass is 16.1. The van der Waals surface area contributed by atoms with Gasteiger partial charge >= 0.3 is 0 Å². The number of hydrogen-bond acceptors (Lipinski definition) is 6. The van der Waals surface area contributed by atoms with Crippen molar-refractivity contribution in [2.24, 2.45) is 0 Å². The minimum absolute atomic E-state index is 0.168. The van der Waals surface area contributed by atoms with E-state index in [1.165, 1.54) is 17.3 Å². The van der Waals surface area contributed by atoms with Crippen molar-refractivity contribution < 1.29 is 4.79 Å². The Labute approximate surface area is 147 Å². The predicted molar refractivity (Wildman–Crippen MR) is 101 cm³/mol. The van der Waals surface area contributed by atoms with Crippen molar-refractivity contribution in [3.8, 4) is 0 Å². The van der Waals surface area contributed by atoms with Crippen molar-refractivity contribution >= 4 is 30.1 Å². The van der Waals surface area contributed by atoms with Crippen molar-refractivity contribution in [2.75, 3.05) is 17.7 Å². The number of amides is 1. The summed E-state index contributed by atoms with van der Waals surface area (Å²) in [5.74, 6) is 0.649. The van der Waals surface area contributed by atoms with E-state index in [1.807, 2.05) is 13.1 Å². The second kappa shape index (κ2) is 7.85. The van der Waals surface area contributed by atoms with Crippen LogP contribution in [0.4, 0.5) is 17.5 Å². The van der Waals surface area contributed by atoms with Crippen LogP contribution in [0.15, 0.2) is 24.4 Å². The van der Waals surface area contributed by atoms with Gasteiger partial charge in [-0.25, -0.2) is 4.98 Å². The first-order valence-electron chi connectivity index (χ1n) is 8.12. The zero-order valence-corrected chi connectivity index (χ0v) is 15.0. The Kier molecular flexibility index (Phi) is 5.82. The minimum atomic E-state index is -0.168. The van der Waals surface area contributed by atoms with Crippen molar-refractivity contribution in [3.05, 3.63) is 41.1 Å². The summed E-state index contributed by atoms with van der Waals surface area (Å²) in [7, 11) is 1.94. The molecule has 0 radical (unpaired) electrons. The molecule has 4 N–H and O–H groups in total. The Morgan fingerprint density at radius 3 is 2.68 bits per heavy atom. The molecule has 0 unspecified atom stereocenters. The van der Waals surface area contributed by atoms with Gasteiger partial charge in [0.25, 0.3) is 0 Å². The predicted octanol–water partition coefficient (Wildman–Crippen LogP) is 2.80. The molecule has 7 heteroatoms. The summed E-state index contributed by atoms with van der Waals surface area (Å²) in [5.41, 5.74) is 3.60. The zero-order valence-electron chi connectivity index (χ0n) is 15.0. The summed E-state index contributed by atoms with van der Waals surface area (Å²) in [6, 6.07) is 6.15. The Morgan fingerprint density at radius 2 is 2.08 bits per heavy atom. The van der Waals surface area contributed by atoms with Gasteiger partial charge in [-0.1, -0.05) is 13.0 Å². The fraction of sp³-hybridized carbons (Fsp3) is 0.333. The third kappa shape index (κ3) is 4.19. The number of anilines is 3. The van der Waals surface area contributed by atoms with Crippen molar-refractivity contribution in [3.63, 3.8) is 0 Å². The topological polar surface area (TPSA) is 103 Å². The van der Waals surface area contributed by atoms with Gasteiger partial charge < -0.3 is 21.4 Å². The highest BCUT2D eigenvalue weighted by Crippen LogP contribution is 2.28. The van der Waals surface area contributed by atoms with Crippen LogP contribution in [0.25, 0.3) is 0 Å². The van der Waals surface area contributed by atoms with Gasteiger partial charge in [-0.05, 0) is 50.6 Å². The molecule has 1 aromatic carbocycles. The number of carbonyl (C=O) groups is 1. The van der Waals surface area contributed by atoms with Crippen LogP contribution in [-0.2, 0) is 16.8 Å². The van der Waals surface area contributed by atoms with E-state index < -0.39 is 0 Å². The number of benzene rings is 1. The summed E-state index contributed by atoms with van der Waals surface area (Å²) >= 11 is 0. The lowest BCUT2D eigenvalue weighted by atomic mass is 9.88. The quantitative estimate of drug-likeness (QED) is 0.437. The standard InChI is InChI=1S/C18H24N6O/c1-5-12-6-7-14(8-15(12)18(2,3)20-4)23-17-21-10-13(9-19)16(24-17)22-11-25/h6-11,19-20H,5H2,1-4H3,(H2,21,22,23,24,25). The molecule has 2 aromatic rings. The van der Waals surface area contributed by atoms with E-state index in [2.05, 4.69) is 58.8 Å². The van der Waals surface area contributed by atoms with Crippen molar-refractivity contribution in [1.29, 1.82) is 5.41 Å². The number of rotatable bonds is 8. The van der Waals surface area contributed by atoms with E-state index in [4.69, 9.17) is 5.41 Å². The van der Waals surface area contributed by atoms with Gasteiger partial charge in [0.05, 0.1) is 5.56 Å². The fourth-order valence-corrected chi connectivity index (χ4v) is 2.54. The Hall–Kier alpha value is -2.80. The van der Waals surface area contributed by atoms with Gasteiger partial charge in [0.2, 0.25) is 12.4 Å². The van der Waals surface area contributed by atoms with Gasteiger partial charge in [-0.3, -0.25) is 4.79 Å². The fourth-order valence-electron chi connectivity index (χ4n) is 2.54. The molecule has 0 aliphatic rings. The molecule has 0 spiro atoms. The SMILES string of the molecule is CCc1ccc(Nc2ncc(C=N)c(NC=O)n2)cc1C(C)(C)NC. The molecule has 0 bridgehead atoms. The first-order chi connectivity index (χ1) is 11.9. The molecule has 0 aliphatic carbocycles. The normalized spacial score (nSPS) is 11.0. The number of hydrogen-bond donors (Lipinski definition) is 4. The molecule has 0 aliphatic heterocycles. The second-order valence-electron chi connectivity index (χ2n) is 6.13. The Balaban J connectivity index is 2.37. The molecule has 0 atom stereocenters. The average molecular weight is 340 g/mol. The van der Waals surface area contributed by atoms with E-state index in [0.29, 0.717) is 23.7 Å². The van der Waals surface area contributed by atoms with Gasteiger partial charge in [-0.2, -0.15) is 4.98 Å². The smallest absolute Gasteiger partial charge is 0.229 e. The molecular weight excluding hydrogens is 316 g/mol. The molecule has 0 saturated carbocycles. The lowest BCUT2D eigenvalue weighted by Gasteiger charge is -2.28. The summed E-state index contributed by atoms with van der Waals surface area (Å²) in [6.07, 6.45) is 4.06. The highest BCUT2D eigenvalue weighted by molar-refractivity contribution is 5.87. The van der Waals surface area contributed by atoms with E-state index in [-0.39, 0.29) is 5.54 Å². The molecule has 132 valence electrons.